The van der Waals surface area contributed by atoms with Crippen LogP contribution < -0.4 is 24.3 Å². The second kappa shape index (κ2) is 17.6. The average molecular weight is 831 g/mol. The van der Waals surface area contributed by atoms with Crippen LogP contribution in [0.15, 0.2) is 48.5 Å². The van der Waals surface area contributed by atoms with Crippen LogP contribution in [-0.4, -0.2) is 81.9 Å². The summed E-state index contributed by atoms with van der Waals surface area (Å²) < 4.78 is 12.1. The molecule has 1 saturated carbocycles. The lowest BCUT2D eigenvalue weighted by molar-refractivity contribution is -0.0136. The van der Waals surface area contributed by atoms with Crippen molar-refractivity contribution < 1.29 is 29.6 Å². The Labute approximate surface area is 362 Å². The van der Waals surface area contributed by atoms with Crippen LogP contribution in [0.3, 0.4) is 0 Å². The van der Waals surface area contributed by atoms with E-state index < -0.39 is 6.16 Å². The standard InChI is InChI=1S/C31H42N2O4.C20H24N2O2/c1-19(2)23-13-10-20(3)18-26(23)37-31(35)36-25-15-12-22-9-7-17-33(5)30(22)28(25)27-24(34)14-11-21-8-6-16-32(4)29(21)27;1-21-11-3-5-13-7-9-15(23)17(19(13)21)18-16(24)10-8-14-6-4-12-22(2)20(14)18/h11-12,14-15,19-20,23,26,34H,6-10,13,16-18H2,1-5H3;7-10,23-24H,3-6,11-12H2,1-2H3/t20-,23+,26?;/m1./s1. The van der Waals surface area contributed by atoms with Gasteiger partial charge in [0.05, 0.1) is 45.0 Å². The molecule has 0 saturated heterocycles. The van der Waals surface area contributed by atoms with Crippen molar-refractivity contribution in [3.05, 3.63) is 70.8 Å². The lowest BCUT2D eigenvalue weighted by Crippen LogP contribution is -2.36. The Balaban J connectivity index is 0.000000184. The first-order valence-corrected chi connectivity index (χ1v) is 22.8. The van der Waals surface area contributed by atoms with Gasteiger partial charge in [0.2, 0.25) is 0 Å². The Hall–Kier alpha value is -5.25. The summed E-state index contributed by atoms with van der Waals surface area (Å²) in [4.78, 5) is 22.1. The van der Waals surface area contributed by atoms with Gasteiger partial charge >= 0.3 is 6.16 Å². The van der Waals surface area contributed by atoms with Crippen molar-refractivity contribution in [3.63, 3.8) is 0 Å². The number of aromatic hydroxyl groups is 3. The van der Waals surface area contributed by atoms with Crippen LogP contribution >= 0.6 is 0 Å². The maximum Gasteiger partial charge on any atom is 0.514 e. The van der Waals surface area contributed by atoms with Crippen molar-refractivity contribution >= 4 is 28.9 Å². The third kappa shape index (κ3) is 8.27. The number of anilines is 4. The van der Waals surface area contributed by atoms with E-state index in [-0.39, 0.29) is 23.4 Å². The minimum absolute atomic E-state index is 0.135. The van der Waals surface area contributed by atoms with Crippen LogP contribution in [0.2, 0.25) is 0 Å². The minimum Gasteiger partial charge on any atom is -0.507 e. The van der Waals surface area contributed by atoms with E-state index in [0.29, 0.717) is 23.5 Å². The van der Waals surface area contributed by atoms with Crippen LogP contribution in [0, 0.1) is 17.8 Å². The fourth-order valence-corrected chi connectivity index (χ4v) is 11.1. The molecule has 3 atom stereocenters. The molecule has 0 radical (unpaired) electrons. The lowest BCUT2D eigenvalue weighted by atomic mass is 9.75. The van der Waals surface area contributed by atoms with Crippen molar-refractivity contribution in [2.24, 2.45) is 17.8 Å². The van der Waals surface area contributed by atoms with E-state index in [1.807, 2.05) is 24.3 Å². The van der Waals surface area contributed by atoms with Gasteiger partial charge in [-0.3, -0.25) is 0 Å². The molecule has 0 bridgehead atoms. The van der Waals surface area contributed by atoms with Crippen LogP contribution in [0.1, 0.15) is 88.0 Å². The molecule has 1 unspecified atom stereocenters. The molecule has 0 spiro atoms. The molecule has 10 heteroatoms. The summed E-state index contributed by atoms with van der Waals surface area (Å²) in [6, 6.07) is 15.3. The number of aryl methyl sites for hydroxylation is 4. The van der Waals surface area contributed by atoms with Crippen molar-refractivity contribution in [3.8, 4) is 45.3 Å². The summed E-state index contributed by atoms with van der Waals surface area (Å²) in [5, 5.41) is 32.6. The first-order chi connectivity index (χ1) is 29.3. The van der Waals surface area contributed by atoms with E-state index >= 15 is 0 Å². The number of ether oxygens (including phenoxy) is 2. The highest BCUT2D eigenvalue weighted by molar-refractivity contribution is 5.98. The number of fused-ring (bicyclic) bond motifs is 4. The molecule has 1 fully saturated rings. The van der Waals surface area contributed by atoms with E-state index in [9.17, 15) is 20.1 Å². The molecular weight excluding hydrogens is 765 g/mol. The van der Waals surface area contributed by atoms with Gasteiger partial charge in [0, 0.05) is 54.4 Å². The number of nitrogens with zero attached hydrogens (tertiary/aromatic N) is 4. The zero-order chi connectivity index (χ0) is 43.1. The third-order valence-electron chi connectivity index (χ3n) is 14.1. The minimum atomic E-state index is -0.651. The average Bonchev–Trinajstić information content (AvgIpc) is 3.22. The molecule has 3 N–H and O–H groups in total. The van der Waals surface area contributed by atoms with Crippen molar-refractivity contribution in [1.29, 1.82) is 0 Å². The fourth-order valence-electron chi connectivity index (χ4n) is 11.1. The van der Waals surface area contributed by atoms with E-state index in [4.69, 9.17) is 9.47 Å². The van der Waals surface area contributed by atoms with Crippen LogP contribution in [0.4, 0.5) is 27.5 Å². The van der Waals surface area contributed by atoms with Gasteiger partial charge in [-0.1, -0.05) is 51.5 Å². The van der Waals surface area contributed by atoms with E-state index in [1.54, 1.807) is 18.2 Å². The topological polar surface area (TPSA) is 109 Å². The molecular formula is C51H66N4O6. The zero-order valence-corrected chi connectivity index (χ0v) is 37.4. The van der Waals surface area contributed by atoms with Crippen molar-refractivity contribution in [1.82, 2.24) is 0 Å². The van der Waals surface area contributed by atoms with Gasteiger partial charge in [-0.15, -0.1) is 0 Å². The quantitative estimate of drug-likeness (QED) is 0.133. The number of phenols is 3. The first-order valence-electron chi connectivity index (χ1n) is 22.8. The highest BCUT2D eigenvalue weighted by Crippen LogP contribution is 2.53. The van der Waals surface area contributed by atoms with Crippen molar-refractivity contribution in [2.45, 2.75) is 97.5 Å². The molecule has 5 aliphatic rings. The highest BCUT2D eigenvalue weighted by atomic mass is 16.7. The van der Waals surface area contributed by atoms with Crippen LogP contribution in [0.25, 0.3) is 22.3 Å². The Morgan fingerprint density at radius 2 is 0.951 bits per heavy atom. The Morgan fingerprint density at radius 3 is 1.36 bits per heavy atom. The van der Waals surface area contributed by atoms with Gasteiger partial charge in [0.1, 0.15) is 29.1 Å². The van der Waals surface area contributed by atoms with Gasteiger partial charge in [-0.2, -0.15) is 0 Å². The Morgan fingerprint density at radius 1 is 0.574 bits per heavy atom. The molecule has 1 aliphatic carbocycles. The Kier molecular flexibility index (Phi) is 12.3. The molecule has 4 aliphatic heterocycles. The Bertz CT molecular complexity index is 2200. The number of hydrogen-bond donors (Lipinski definition) is 3. The van der Waals surface area contributed by atoms with E-state index in [2.05, 4.69) is 74.6 Å². The number of hydrogen-bond acceptors (Lipinski definition) is 10. The smallest absolute Gasteiger partial charge is 0.507 e. The number of carbonyl (C=O) groups excluding carboxylic acids is 1. The van der Waals surface area contributed by atoms with Gasteiger partial charge in [-0.05, 0) is 128 Å². The molecule has 326 valence electrons. The molecule has 0 amide bonds. The SMILES string of the molecule is CC(C)[C@@H]1CC[C@@H](C)CC1OC(=O)Oc1ccc2c(c1-c1c(O)ccc3c1N(C)CCC3)N(C)CCC2.CN1CCCc2ccc(O)c(-c3c(O)ccc4c3N(C)CCC4)c21. The number of carbonyl (C=O) groups is 1. The molecule has 9 rings (SSSR count). The van der Waals surface area contributed by atoms with Crippen LogP contribution in [-0.2, 0) is 30.4 Å². The van der Waals surface area contributed by atoms with Gasteiger partial charge in [0.15, 0.2) is 0 Å². The van der Waals surface area contributed by atoms with Gasteiger partial charge in [-0.25, -0.2) is 4.79 Å². The summed E-state index contributed by atoms with van der Waals surface area (Å²) in [5.41, 5.74) is 12.2. The number of phenolic OH excluding ortho intramolecular Hbond substituents is 3. The highest BCUT2D eigenvalue weighted by Gasteiger charge is 2.36. The van der Waals surface area contributed by atoms with Gasteiger partial charge < -0.3 is 44.4 Å². The predicted molar refractivity (Wildman–Crippen MR) is 247 cm³/mol. The first kappa shape index (κ1) is 42.4. The monoisotopic (exact) mass is 830 g/mol. The lowest BCUT2D eigenvalue weighted by Gasteiger charge is -2.36. The molecule has 4 aromatic carbocycles. The van der Waals surface area contributed by atoms with Gasteiger partial charge in [0.25, 0.3) is 0 Å². The predicted octanol–water partition coefficient (Wildman–Crippen LogP) is 10.3. The van der Waals surface area contributed by atoms with Crippen molar-refractivity contribution in [2.75, 3.05) is 74.0 Å². The maximum atomic E-state index is 13.3. The zero-order valence-electron chi connectivity index (χ0n) is 37.4. The summed E-state index contributed by atoms with van der Waals surface area (Å²) in [6.07, 6.45) is 10.7. The second-order valence-electron chi connectivity index (χ2n) is 18.8. The largest absolute Gasteiger partial charge is 0.514 e. The molecule has 4 aromatic rings. The summed E-state index contributed by atoms with van der Waals surface area (Å²) in [5.74, 6) is 2.46. The second-order valence-corrected chi connectivity index (χ2v) is 18.8. The molecule has 10 nitrogen and oxygen atoms in total. The van der Waals surface area contributed by atoms with E-state index in [1.165, 1.54) is 28.7 Å². The van der Waals surface area contributed by atoms with E-state index in [0.717, 1.165) is 135 Å². The fraction of sp³-hybridized carbons (Fsp3) is 0.510. The summed E-state index contributed by atoms with van der Waals surface area (Å²) in [6.45, 7) is 10.4. The third-order valence-corrected chi connectivity index (χ3v) is 14.1. The maximum absolute atomic E-state index is 13.3. The van der Waals surface area contributed by atoms with Crippen LogP contribution in [0.5, 0.6) is 23.0 Å². The molecule has 4 heterocycles. The number of benzene rings is 4. The number of rotatable bonds is 5. The summed E-state index contributed by atoms with van der Waals surface area (Å²) >= 11 is 0. The summed E-state index contributed by atoms with van der Waals surface area (Å²) in [7, 11) is 8.29. The normalized spacial score (nSPS) is 20.8. The molecule has 0 aromatic heterocycles. The molecule has 61 heavy (non-hydrogen) atoms.